The molecule has 0 bridgehead atoms. The Bertz CT molecular complexity index is 1130. The van der Waals surface area contributed by atoms with Crippen molar-refractivity contribution in [1.29, 1.82) is 0 Å². The smallest absolute Gasteiger partial charge is 0.230 e. The summed E-state index contributed by atoms with van der Waals surface area (Å²) in [5.74, 6) is 1.15. The van der Waals surface area contributed by atoms with Crippen LogP contribution in [0.5, 0.6) is 5.88 Å². The lowest BCUT2D eigenvalue weighted by atomic mass is 10.0. The fourth-order valence-corrected chi connectivity index (χ4v) is 5.04. The summed E-state index contributed by atoms with van der Waals surface area (Å²) >= 11 is 7.73. The summed E-state index contributed by atoms with van der Waals surface area (Å²) in [7, 11) is 2.13. The molecular formula is C20H20ClN5O2S. The molecule has 1 atom stereocenters. The molecule has 1 fully saturated rings. The molecule has 1 aliphatic rings. The first-order valence-electron chi connectivity index (χ1n) is 9.40. The first-order chi connectivity index (χ1) is 14.1. The summed E-state index contributed by atoms with van der Waals surface area (Å²) in [5.41, 5.74) is 1.05. The molecule has 4 aromatic rings. The normalized spacial score (nSPS) is 17.2. The minimum atomic E-state index is -0.108. The molecule has 1 saturated heterocycles. The molecule has 7 nitrogen and oxygen atoms in total. The molecule has 1 N–H and O–H groups in total. The van der Waals surface area contributed by atoms with Gasteiger partial charge in [-0.25, -0.2) is 0 Å². The van der Waals surface area contributed by atoms with E-state index in [1.807, 2.05) is 18.2 Å². The highest BCUT2D eigenvalue weighted by atomic mass is 35.5. The van der Waals surface area contributed by atoms with Crippen molar-refractivity contribution >= 4 is 27.9 Å². The summed E-state index contributed by atoms with van der Waals surface area (Å²) in [6.45, 7) is 3.75. The fourth-order valence-electron chi connectivity index (χ4n) is 3.72. The topological polar surface area (TPSA) is 70.0 Å². The number of benzene rings is 1. The standard InChI is InChI=1S/C20H20ClN5O2S/c1-24-7-9-25(10-8-24)16(13-4-2-5-14(21)12-13)17-19(27)26-20(29-17)22-18(23-26)15-6-3-11-28-15/h2-6,11-12,16,27H,7-10H2,1H3/t16-/m0/s1. The zero-order chi connectivity index (χ0) is 20.0. The van der Waals surface area contributed by atoms with E-state index in [0.29, 0.717) is 21.6 Å². The molecule has 4 heterocycles. The molecule has 150 valence electrons. The number of hydrogen-bond acceptors (Lipinski definition) is 7. The van der Waals surface area contributed by atoms with E-state index < -0.39 is 0 Å². The molecule has 1 aromatic carbocycles. The van der Waals surface area contributed by atoms with Crippen LogP contribution in [0.2, 0.25) is 5.02 Å². The van der Waals surface area contributed by atoms with Crippen molar-refractivity contribution in [2.75, 3.05) is 33.2 Å². The van der Waals surface area contributed by atoms with Gasteiger partial charge in [0.1, 0.15) is 0 Å². The van der Waals surface area contributed by atoms with Crippen molar-refractivity contribution in [1.82, 2.24) is 24.4 Å². The van der Waals surface area contributed by atoms with Crippen LogP contribution in [-0.2, 0) is 0 Å². The fraction of sp³-hybridized carbons (Fsp3) is 0.300. The highest BCUT2D eigenvalue weighted by Crippen LogP contribution is 2.41. The molecule has 1 aliphatic heterocycles. The highest BCUT2D eigenvalue weighted by Gasteiger charge is 2.31. The van der Waals surface area contributed by atoms with E-state index in [9.17, 15) is 5.11 Å². The van der Waals surface area contributed by atoms with E-state index in [2.05, 4.69) is 33.0 Å². The van der Waals surface area contributed by atoms with Crippen LogP contribution in [0.1, 0.15) is 16.5 Å². The summed E-state index contributed by atoms with van der Waals surface area (Å²) in [6.07, 6.45) is 1.58. The molecule has 0 spiro atoms. The summed E-state index contributed by atoms with van der Waals surface area (Å²) in [4.78, 5) is 10.7. The zero-order valence-electron chi connectivity index (χ0n) is 15.8. The van der Waals surface area contributed by atoms with E-state index in [4.69, 9.17) is 16.0 Å². The Morgan fingerprint density at radius 2 is 2.00 bits per heavy atom. The molecule has 29 heavy (non-hydrogen) atoms. The number of halogens is 1. The lowest BCUT2D eigenvalue weighted by molar-refractivity contribution is 0.127. The van der Waals surface area contributed by atoms with Gasteiger partial charge in [0, 0.05) is 31.2 Å². The van der Waals surface area contributed by atoms with Gasteiger partial charge in [0.25, 0.3) is 0 Å². The van der Waals surface area contributed by atoms with Crippen molar-refractivity contribution < 1.29 is 9.52 Å². The van der Waals surface area contributed by atoms with Crippen molar-refractivity contribution in [3.8, 4) is 17.5 Å². The quantitative estimate of drug-likeness (QED) is 0.532. The number of aromatic hydroxyl groups is 1. The number of rotatable bonds is 4. The van der Waals surface area contributed by atoms with Crippen molar-refractivity contribution in [3.63, 3.8) is 0 Å². The predicted octanol–water partition coefficient (Wildman–Crippen LogP) is 3.75. The number of furan rings is 1. The second-order valence-electron chi connectivity index (χ2n) is 7.19. The van der Waals surface area contributed by atoms with Crippen LogP contribution >= 0.6 is 22.9 Å². The van der Waals surface area contributed by atoms with Crippen molar-refractivity contribution in [2.24, 2.45) is 0 Å². The van der Waals surface area contributed by atoms with Crippen LogP contribution in [0.3, 0.4) is 0 Å². The maximum absolute atomic E-state index is 11.1. The molecule has 0 unspecified atom stereocenters. The van der Waals surface area contributed by atoms with Gasteiger partial charge in [0.15, 0.2) is 5.76 Å². The number of aromatic nitrogens is 3. The molecule has 9 heteroatoms. The maximum Gasteiger partial charge on any atom is 0.230 e. The minimum Gasteiger partial charge on any atom is -0.492 e. The van der Waals surface area contributed by atoms with Crippen molar-refractivity contribution in [3.05, 3.63) is 58.1 Å². The van der Waals surface area contributed by atoms with Gasteiger partial charge in [0.05, 0.1) is 17.2 Å². The number of piperazine rings is 1. The third-order valence-electron chi connectivity index (χ3n) is 5.26. The number of hydrogen-bond donors (Lipinski definition) is 1. The molecular weight excluding hydrogens is 410 g/mol. The van der Waals surface area contributed by atoms with Gasteiger partial charge in [-0.1, -0.05) is 35.1 Å². The van der Waals surface area contributed by atoms with E-state index in [0.717, 1.165) is 36.6 Å². The van der Waals surface area contributed by atoms with E-state index in [-0.39, 0.29) is 11.9 Å². The third kappa shape index (κ3) is 3.42. The predicted molar refractivity (Wildman–Crippen MR) is 113 cm³/mol. The Hall–Kier alpha value is -2.39. The van der Waals surface area contributed by atoms with E-state index in [1.165, 1.54) is 15.9 Å². The third-order valence-corrected chi connectivity index (χ3v) is 6.56. The Morgan fingerprint density at radius 1 is 1.17 bits per heavy atom. The Balaban J connectivity index is 1.59. The lowest BCUT2D eigenvalue weighted by Gasteiger charge is -2.37. The SMILES string of the molecule is CN1CCN([C@@H](c2cccc(Cl)c2)c2sc3nc(-c4ccco4)nn3c2O)CC1. The molecule has 3 aromatic heterocycles. The average Bonchev–Trinajstić information content (AvgIpc) is 3.43. The minimum absolute atomic E-state index is 0.108. The van der Waals surface area contributed by atoms with Gasteiger partial charge in [-0.2, -0.15) is 9.50 Å². The summed E-state index contributed by atoms with van der Waals surface area (Å²) in [6, 6.07) is 11.3. The van der Waals surface area contributed by atoms with Crippen LogP contribution in [0, 0.1) is 0 Å². The number of thiazole rings is 1. The second kappa shape index (κ2) is 7.46. The van der Waals surface area contributed by atoms with E-state index >= 15 is 0 Å². The van der Waals surface area contributed by atoms with Gasteiger partial charge in [-0.3, -0.25) is 4.90 Å². The Labute approximate surface area is 176 Å². The Morgan fingerprint density at radius 3 is 2.69 bits per heavy atom. The van der Waals surface area contributed by atoms with Gasteiger partial charge in [-0.05, 0) is 36.9 Å². The number of nitrogens with zero attached hydrogens (tertiary/aromatic N) is 5. The van der Waals surface area contributed by atoms with Crippen LogP contribution in [0.15, 0.2) is 47.1 Å². The van der Waals surface area contributed by atoms with Gasteiger partial charge >= 0.3 is 0 Å². The van der Waals surface area contributed by atoms with E-state index in [1.54, 1.807) is 18.4 Å². The monoisotopic (exact) mass is 429 g/mol. The van der Waals surface area contributed by atoms with Crippen LogP contribution in [-0.4, -0.2) is 62.7 Å². The first kappa shape index (κ1) is 18.6. The summed E-state index contributed by atoms with van der Waals surface area (Å²) < 4.78 is 6.87. The van der Waals surface area contributed by atoms with Crippen LogP contribution in [0.25, 0.3) is 16.5 Å². The van der Waals surface area contributed by atoms with Gasteiger partial charge in [-0.15, -0.1) is 5.10 Å². The molecule has 0 saturated carbocycles. The number of likely N-dealkylation sites (N-methyl/N-ethyl adjacent to an activating group) is 1. The summed E-state index contributed by atoms with van der Waals surface area (Å²) in [5, 5.41) is 16.2. The number of fused-ring (bicyclic) bond motifs is 1. The van der Waals surface area contributed by atoms with Crippen molar-refractivity contribution in [2.45, 2.75) is 6.04 Å². The zero-order valence-corrected chi connectivity index (χ0v) is 17.4. The molecule has 0 aliphatic carbocycles. The largest absolute Gasteiger partial charge is 0.492 e. The van der Waals surface area contributed by atoms with Crippen LogP contribution in [0.4, 0.5) is 0 Å². The maximum atomic E-state index is 11.1. The van der Waals surface area contributed by atoms with Gasteiger partial charge < -0.3 is 14.4 Å². The molecule has 0 amide bonds. The van der Waals surface area contributed by atoms with Gasteiger partial charge in [0.2, 0.25) is 16.7 Å². The average molecular weight is 430 g/mol. The van der Waals surface area contributed by atoms with Crippen LogP contribution < -0.4 is 0 Å². The molecule has 0 radical (unpaired) electrons. The lowest BCUT2D eigenvalue weighted by Crippen LogP contribution is -2.46. The Kier molecular flexibility index (Phi) is 4.79. The first-order valence-corrected chi connectivity index (χ1v) is 10.6. The second-order valence-corrected chi connectivity index (χ2v) is 8.64. The molecule has 5 rings (SSSR count). The highest BCUT2D eigenvalue weighted by molar-refractivity contribution is 7.17.